The highest BCUT2D eigenvalue weighted by molar-refractivity contribution is 5.93. The van der Waals surface area contributed by atoms with Crippen molar-refractivity contribution in [2.45, 2.75) is 51.5 Å². The molecule has 1 heterocycles. The van der Waals surface area contributed by atoms with Gasteiger partial charge in [-0.2, -0.15) is 0 Å². The van der Waals surface area contributed by atoms with Crippen molar-refractivity contribution in [2.24, 2.45) is 0 Å². The van der Waals surface area contributed by atoms with E-state index in [4.69, 9.17) is 9.72 Å². The lowest BCUT2D eigenvalue weighted by Gasteiger charge is -2.25. The van der Waals surface area contributed by atoms with Crippen LogP contribution in [0.5, 0.6) is 5.75 Å². The Kier molecular flexibility index (Phi) is 5.33. The summed E-state index contributed by atoms with van der Waals surface area (Å²) in [7, 11) is 0. The molecular formula is C23H26N2O3. The molecule has 1 saturated carbocycles. The number of carbonyl (C=O) groups is 1. The number of carboxylic acid groups (broad SMARTS) is 1. The Bertz CT molecular complexity index is 969. The van der Waals surface area contributed by atoms with Crippen molar-refractivity contribution in [1.29, 1.82) is 0 Å². The van der Waals surface area contributed by atoms with Gasteiger partial charge in [-0.1, -0.05) is 26.2 Å². The fourth-order valence-corrected chi connectivity index (χ4v) is 4.06. The average molecular weight is 378 g/mol. The van der Waals surface area contributed by atoms with Crippen molar-refractivity contribution < 1.29 is 14.6 Å². The Morgan fingerprint density at radius 3 is 2.57 bits per heavy atom. The van der Waals surface area contributed by atoms with Crippen LogP contribution in [0.2, 0.25) is 0 Å². The van der Waals surface area contributed by atoms with E-state index in [1.807, 2.05) is 30.3 Å². The van der Waals surface area contributed by atoms with Crippen molar-refractivity contribution in [3.63, 3.8) is 0 Å². The summed E-state index contributed by atoms with van der Waals surface area (Å²) in [5, 5.41) is 9.34. The fraction of sp³-hybridized carbons (Fsp3) is 0.391. The second kappa shape index (κ2) is 8.05. The number of rotatable bonds is 6. The molecule has 2 aromatic carbocycles. The highest BCUT2D eigenvalue weighted by Crippen LogP contribution is 2.36. The van der Waals surface area contributed by atoms with E-state index >= 15 is 0 Å². The Balaban J connectivity index is 1.79. The van der Waals surface area contributed by atoms with Crippen LogP contribution in [0.1, 0.15) is 61.8 Å². The Morgan fingerprint density at radius 1 is 1.14 bits per heavy atom. The highest BCUT2D eigenvalue weighted by Gasteiger charge is 2.23. The first-order valence-corrected chi connectivity index (χ1v) is 10.2. The van der Waals surface area contributed by atoms with Crippen molar-refractivity contribution in [3.8, 4) is 17.1 Å². The van der Waals surface area contributed by atoms with Gasteiger partial charge in [-0.15, -0.1) is 0 Å². The van der Waals surface area contributed by atoms with Gasteiger partial charge in [0.1, 0.15) is 11.6 Å². The number of aromatic carboxylic acids is 1. The molecule has 1 N–H and O–H groups in total. The molecule has 0 radical (unpaired) electrons. The van der Waals surface area contributed by atoms with E-state index in [1.165, 1.54) is 19.3 Å². The van der Waals surface area contributed by atoms with Gasteiger partial charge in [0.15, 0.2) is 0 Å². The number of nitrogens with zero attached hydrogens (tertiary/aromatic N) is 2. The normalized spacial score (nSPS) is 15.0. The minimum atomic E-state index is -0.923. The van der Waals surface area contributed by atoms with E-state index in [0.29, 0.717) is 12.6 Å². The van der Waals surface area contributed by atoms with Gasteiger partial charge in [-0.05, 0) is 61.7 Å². The van der Waals surface area contributed by atoms with E-state index in [9.17, 15) is 9.90 Å². The molecule has 4 rings (SSSR count). The van der Waals surface area contributed by atoms with Crippen LogP contribution in [0, 0.1) is 0 Å². The van der Waals surface area contributed by atoms with E-state index in [2.05, 4.69) is 11.5 Å². The summed E-state index contributed by atoms with van der Waals surface area (Å²) in [6, 6.07) is 13.7. The van der Waals surface area contributed by atoms with E-state index in [1.54, 1.807) is 12.1 Å². The lowest BCUT2D eigenvalue weighted by atomic mass is 9.95. The van der Waals surface area contributed by atoms with Gasteiger partial charge >= 0.3 is 5.97 Å². The lowest BCUT2D eigenvalue weighted by molar-refractivity contribution is 0.0697. The number of imidazole rings is 1. The van der Waals surface area contributed by atoms with E-state index in [0.717, 1.165) is 47.4 Å². The summed E-state index contributed by atoms with van der Waals surface area (Å²) in [5.74, 6) is 0.846. The SMILES string of the molecule is CCCOc1ccc(-c2nc3cc(C(=O)O)ccc3n2C2CCCCC2)cc1. The molecule has 1 aliphatic rings. The van der Waals surface area contributed by atoms with Crippen LogP contribution in [0.25, 0.3) is 22.4 Å². The molecule has 146 valence electrons. The van der Waals surface area contributed by atoms with Crippen LogP contribution in [-0.4, -0.2) is 27.2 Å². The summed E-state index contributed by atoms with van der Waals surface area (Å²) in [6.07, 6.45) is 6.98. The van der Waals surface area contributed by atoms with Gasteiger partial charge in [0.2, 0.25) is 0 Å². The maximum Gasteiger partial charge on any atom is 0.335 e. The fourth-order valence-electron chi connectivity index (χ4n) is 4.06. The third-order valence-corrected chi connectivity index (χ3v) is 5.46. The van der Waals surface area contributed by atoms with Crippen LogP contribution in [0.3, 0.4) is 0 Å². The smallest absolute Gasteiger partial charge is 0.335 e. The van der Waals surface area contributed by atoms with Gasteiger partial charge in [-0.3, -0.25) is 0 Å². The third-order valence-electron chi connectivity index (χ3n) is 5.46. The molecule has 3 aromatic rings. The first-order valence-electron chi connectivity index (χ1n) is 10.2. The topological polar surface area (TPSA) is 64.3 Å². The maximum absolute atomic E-state index is 11.4. The molecule has 28 heavy (non-hydrogen) atoms. The molecule has 0 bridgehead atoms. The predicted molar refractivity (Wildman–Crippen MR) is 110 cm³/mol. The second-order valence-corrected chi connectivity index (χ2v) is 7.48. The summed E-state index contributed by atoms with van der Waals surface area (Å²) >= 11 is 0. The van der Waals surface area contributed by atoms with Gasteiger partial charge < -0.3 is 14.4 Å². The Morgan fingerprint density at radius 2 is 1.89 bits per heavy atom. The molecule has 5 nitrogen and oxygen atoms in total. The molecule has 1 aliphatic carbocycles. The molecule has 0 saturated heterocycles. The maximum atomic E-state index is 11.4. The van der Waals surface area contributed by atoms with Gasteiger partial charge in [0.25, 0.3) is 0 Å². The lowest BCUT2D eigenvalue weighted by Crippen LogP contribution is -2.14. The number of benzene rings is 2. The molecule has 5 heteroatoms. The van der Waals surface area contributed by atoms with Crippen LogP contribution in [-0.2, 0) is 0 Å². The van der Waals surface area contributed by atoms with E-state index < -0.39 is 5.97 Å². The number of aromatic nitrogens is 2. The molecule has 1 aromatic heterocycles. The van der Waals surface area contributed by atoms with Gasteiger partial charge in [-0.25, -0.2) is 9.78 Å². The molecule has 0 spiro atoms. The molecule has 0 unspecified atom stereocenters. The predicted octanol–water partition coefficient (Wildman–Crippen LogP) is 5.70. The van der Waals surface area contributed by atoms with Crippen LogP contribution in [0.15, 0.2) is 42.5 Å². The third kappa shape index (κ3) is 3.61. The number of hydrogen-bond acceptors (Lipinski definition) is 3. The quantitative estimate of drug-likeness (QED) is 0.598. The van der Waals surface area contributed by atoms with Crippen molar-refractivity contribution in [3.05, 3.63) is 48.0 Å². The number of carboxylic acids is 1. The van der Waals surface area contributed by atoms with Crippen molar-refractivity contribution in [2.75, 3.05) is 6.61 Å². The van der Waals surface area contributed by atoms with Crippen molar-refractivity contribution in [1.82, 2.24) is 9.55 Å². The zero-order chi connectivity index (χ0) is 19.5. The molecule has 0 aliphatic heterocycles. The Hall–Kier alpha value is -2.82. The average Bonchev–Trinajstić information content (AvgIpc) is 3.12. The first kappa shape index (κ1) is 18.5. The minimum absolute atomic E-state index is 0.274. The first-order chi connectivity index (χ1) is 13.7. The molecule has 1 fully saturated rings. The molecule has 0 atom stereocenters. The summed E-state index contributed by atoms with van der Waals surface area (Å²) in [4.78, 5) is 16.2. The molecular weight excluding hydrogens is 352 g/mol. The van der Waals surface area contributed by atoms with Gasteiger partial charge in [0.05, 0.1) is 23.2 Å². The molecule has 0 amide bonds. The monoisotopic (exact) mass is 378 g/mol. The van der Waals surface area contributed by atoms with Crippen LogP contribution < -0.4 is 4.74 Å². The Labute approximate surface area is 165 Å². The summed E-state index contributed by atoms with van der Waals surface area (Å²) < 4.78 is 8.02. The second-order valence-electron chi connectivity index (χ2n) is 7.48. The highest BCUT2D eigenvalue weighted by atomic mass is 16.5. The number of ether oxygens (including phenoxy) is 1. The zero-order valence-electron chi connectivity index (χ0n) is 16.2. The number of fused-ring (bicyclic) bond motifs is 1. The summed E-state index contributed by atoms with van der Waals surface area (Å²) in [6.45, 7) is 2.80. The van der Waals surface area contributed by atoms with Crippen LogP contribution in [0.4, 0.5) is 0 Å². The largest absolute Gasteiger partial charge is 0.494 e. The summed E-state index contributed by atoms with van der Waals surface area (Å²) in [5.41, 5.74) is 3.06. The number of hydrogen-bond donors (Lipinski definition) is 1. The van der Waals surface area contributed by atoms with Crippen molar-refractivity contribution >= 4 is 17.0 Å². The van der Waals surface area contributed by atoms with Gasteiger partial charge in [0, 0.05) is 11.6 Å². The minimum Gasteiger partial charge on any atom is -0.494 e. The van der Waals surface area contributed by atoms with Crippen LogP contribution >= 0.6 is 0 Å². The zero-order valence-corrected chi connectivity index (χ0v) is 16.2. The standard InChI is InChI=1S/C23H26N2O3/c1-2-14-28-19-11-8-16(9-12-19)22-24-20-15-17(23(26)27)10-13-21(20)25(22)18-6-4-3-5-7-18/h8-13,15,18H,2-7,14H2,1H3,(H,26,27). The van der Waals surface area contributed by atoms with E-state index in [-0.39, 0.29) is 5.56 Å².